The average Bonchev–Trinajstić information content (AvgIpc) is 2.27. The highest BCUT2D eigenvalue weighted by Gasteiger charge is 1.99. The average molecular weight is 237 g/mol. The normalized spacial score (nSPS) is 12.8. The molecule has 0 heterocycles. The van der Waals surface area contributed by atoms with Gasteiger partial charge in [-0.3, -0.25) is 0 Å². The van der Waals surface area contributed by atoms with E-state index in [1.807, 2.05) is 33.2 Å². The third-order valence-electron chi connectivity index (χ3n) is 2.58. The quantitative estimate of drug-likeness (QED) is 0.786. The second kappa shape index (κ2) is 7.30. The summed E-state index contributed by atoms with van der Waals surface area (Å²) >= 11 is 0. The zero-order valence-electron chi connectivity index (χ0n) is 11.0. The Morgan fingerprint density at radius 3 is 2.41 bits per heavy atom. The molecule has 0 bridgehead atoms. The van der Waals surface area contributed by atoms with E-state index in [1.54, 1.807) is 0 Å². The van der Waals surface area contributed by atoms with Gasteiger partial charge in [-0.2, -0.15) is 0 Å². The molecule has 1 rings (SSSR count). The molecule has 0 radical (unpaired) electrons. The first-order valence-corrected chi connectivity index (χ1v) is 6.12. The van der Waals surface area contributed by atoms with Crippen molar-refractivity contribution in [1.82, 2.24) is 4.90 Å². The second-order valence-electron chi connectivity index (χ2n) is 4.68. The largest absolute Gasteiger partial charge is 0.492 e. The first-order valence-electron chi connectivity index (χ1n) is 6.12. The maximum atomic E-state index is 9.21. The van der Waals surface area contributed by atoms with Gasteiger partial charge >= 0.3 is 0 Å². The molecule has 1 aromatic rings. The van der Waals surface area contributed by atoms with Crippen molar-refractivity contribution in [2.45, 2.75) is 25.9 Å². The summed E-state index contributed by atoms with van der Waals surface area (Å²) in [7, 11) is 4.06. The molecule has 1 atom stereocenters. The summed E-state index contributed by atoms with van der Waals surface area (Å²) < 4.78 is 5.61. The molecule has 1 aromatic carbocycles. The molecule has 0 spiro atoms. The topological polar surface area (TPSA) is 32.7 Å². The molecule has 0 aliphatic carbocycles. The van der Waals surface area contributed by atoms with E-state index in [4.69, 9.17) is 4.74 Å². The lowest BCUT2D eigenvalue weighted by Gasteiger charge is -2.11. The SMILES string of the molecule is CC(O)CCc1ccc(OCCN(C)C)cc1. The van der Waals surface area contributed by atoms with Gasteiger partial charge in [-0.15, -0.1) is 0 Å². The molecule has 0 saturated heterocycles. The van der Waals surface area contributed by atoms with E-state index in [0.717, 1.165) is 25.1 Å². The molecule has 0 fully saturated rings. The number of rotatable bonds is 7. The number of hydrogen-bond donors (Lipinski definition) is 1. The van der Waals surface area contributed by atoms with Crippen LogP contribution in [0.1, 0.15) is 18.9 Å². The number of benzene rings is 1. The molecule has 0 saturated carbocycles. The van der Waals surface area contributed by atoms with Gasteiger partial charge in [0, 0.05) is 6.54 Å². The Balaban J connectivity index is 2.34. The van der Waals surface area contributed by atoms with Gasteiger partial charge in [-0.1, -0.05) is 12.1 Å². The van der Waals surface area contributed by atoms with Crippen LogP contribution in [0.5, 0.6) is 5.75 Å². The molecule has 0 amide bonds. The van der Waals surface area contributed by atoms with Crippen LogP contribution in [-0.4, -0.2) is 43.4 Å². The van der Waals surface area contributed by atoms with Crippen molar-refractivity contribution >= 4 is 0 Å². The van der Waals surface area contributed by atoms with Crippen LogP contribution in [0.2, 0.25) is 0 Å². The highest BCUT2D eigenvalue weighted by molar-refractivity contribution is 5.27. The first-order chi connectivity index (χ1) is 8.08. The van der Waals surface area contributed by atoms with Crippen molar-refractivity contribution in [1.29, 1.82) is 0 Å². The summed E-state index contributed by atoms with van der Waals surface area (Å²) in [6.45, 7) is 3.45. The molecule has 96 valence electrons. The summed E-state index contributed by atoms with van der Waals surface area (Å²) in [5, 5.41) is 9.21. The van der Waals surface area contributed by atoms with Crippen molar-refractivity contribution in [3.8, 4) is 5.75 Å². The standard InChI is InChI=1S/C14H23NO2/c1-12(16)4-5-13-6-8-14(9-7-13)17-11-10-15(2)3/h6-9,12,16H,4-5,10-11H2,1-3H3. The van der Waals surface area contributed by atoms with E-state index in [-0.39, 0.29) is 6.10 Å². The number of aliphatic hydroxyl groups is 1. The van der Waals surface area contributed by atoms with Gasteiger partial charge < -0.3 is 14.7 Å². The third kappa shape index (κ3) is 6.29. The van der Waals surface area contributed by atoms with Crippen LogP contribution >= 0.6 is 0 Å². The lowest BCUT2D eigenvalue weighted by molar-refractivity contribution is 0.185. The van der Waals surface area contributed by atoms with Crippen LogP contribution in [0.3, 0.4) is 0 Å². The number of likely N-dealkylation sites (N-methyl/N-ethyl adjacent to an activating group) is 1. The predicted molar refractivity (Wildman–Crippen MR) is 70.5 cm³/mol. The third-order valence-corrected chi connectivity index (χ3v) is 2.58. The summed E-state index contributed by atoms with van der Waals surface area (Å²) in [5.74, 6) is 0.910. The van der Waals surface area contributed by atoms with Gasteiger partial charge in [0.15, 0.2) is 0 Å². The highest BCUT2D eigenvalue weighted by atomic mass is 16.5. The summed E-state index contributed by atoms with van der Waals surface area (Å²) in [4.78, 5) is 2.09. The molecule has 3 nitrogen and oxygen atoms in total. The first kappa shape index (κ1) is 14.0. The van der Waals surface area contributed by atoms with E-state index < -0.39 is 0 Å². The lowest BCUT2D eigenvalue weighted by Crippen LogP contribution is -2.19. The zero-order chi connectivity index (χ0) is 12.7. The number of ether oxygens (including phenoxy) is 1. The van der Waals surface area contributed by atoms with Gasteiger partial charge in [-0.25, -0.2) is 0 Å². The van der Waals surface area contributed by atoms with Crippen LogP contribution in [0.15, 0.2) is 24.3 Å². The van der Waals surface area contributed by atoms with Gasteiger partial charge in [0.05, 0.1) is 6.10 Å². The minimum atomic E-state index is -0.231. The fourth-order valence-corrected chi connectivity index (χ4v) is 1.47. The van der Waals surface area contributed by atoms with Gasteiger partial charge in [0.1, 0.15) is 12.4 Å². The number of hydrogen-bond acceptors (Lipinski definition) is 3. The van der Waals surface area contributed by atoms with Crippen LogP contribution in [0.4, 0.5) is 0 Å². The Labute approximate surface area is 104 Å². The van der Waals surface area contributed by atoms with Crippen molar-refractivity contribution in [2.75, 3.05) is 27.2 Å². The van der Waals surface area contributed by atoms with E-state index in [9.17, 15) is 5.11 Å². The summed E-state index contributed by atoms with van der Waals surface area (Å²) in [6, 6.07) is 8.11. The van der Waals surface area contributed by atoms with E-state index in [2.05, 4.69) is 17.0 Å². The van der Waals surface area contributed by atoms with Crippen LogP contribution in [0, 0.1) is 0 Å². The fraction of sp³-hybridized carbons (Fsp3) is 0.571. The van der Waals surface area contributed by atoms with Crippen LogP contribution < -0.4 is 4.74 Å². The molecule has 3 heteroatoms. The van der Waals surface area contributed by atoms with Gasteiger partial charge in [-0.05, 0) is 51.6 Å². The maximum Gasteiger partial charge on any atom is 0.119 e. The summed E-state index contributed by atoms with van der Waals surface area (Å²) in [6.07, 6.45) is 1.49. The zero-order valence-corrected chi connectivity index (χ0v) is 11.0. The maximum absolute atomic E-state index is 9.21. The number of aliphatic hydroxyl groups excluding tert-OH is 1. The Bertz CT molecular complexity index is 307. The molecular weight excluding hydrogens is 214 g/mol. The molecule has 0 aromatic heterocycles. The molecule has 1 N–H and O–H groups in total. The Hall–Kier alpha value is -1.06. The van der Waals surface area contributed by atoms with Crippen LogP contribution in [-0.2, 0) is 6.42 Å². The van der Waals surface area contributed by atoms with E-state index in [1.165, 1.54) is 5.56 Å². The Morgan fingerprint density at radius 2 is 1.88 bits per heavy atom. The van der Waals surface area contributed by atoms with Crippen molar-refractivity contribution in [3.05, 3.63) is 29.8 Å². The smallest absolute Gasteiger partial charge is 0.119 e. The van der Waals surface area contributed by atoms with E-state index >= 15 is 0 Å². The monoisotopic (exact) mass is 237 g/mol. The minimum absolute atomic E-state index is 0.231. The number of aryl methyl sites for hydroxylation is 1. The second-order valence-corrected chi connectivity index (χ2v) is 4.68. The predicted octanol–water partition coefficient (Wildman–Crippen LogP) is 1.94. The molecule has 17 heavy (non-hydrogen) atoms. The van der Waals surface area contributed by atoms with Crippen molar-refractivity contribution in [2.24, 2.45) is 0 Å². The Kier molecular flexibility index (Phi) is 6.01. The van der Waals surface area contributed by atoms with Gasteiger partial charge in [0.25, 0.3) is 0 Å². The summed E-state index contributed by atoms with van der Waals surface area (Å²) in [5.41, 5.74) is 1.24. The van der Waals surface area contributed by atoms with Crippen LogP contribution in [0.25, 0.3) is 0 Å². The molecule has 1 unspecified atom stereocenters. The number of nitrogens with zero attached hydrogens (tertiary/aromatic N) is 1. The molecular formula is C14H23NO2. The Morgan fingerprint density at radius 1 is 1.24 bits per heavy atom. The molecule has 0 aliphatic heterocycles. The van der Waals surface area contributed by atoms with Crippen molar-refractivity contribution in [3.63, 3.8) is 0 Å². The molecule has 0 aliphatic rings. The van der Waals surface area contributed by atoms with Crippen molar-refractivity contribution < 1.29 is 9.84 Å². The van der Waals surface area contributed by atoms with Gasteiger partial charge in [0.2, 0.25) is 0 Å². The lowest BCUT2D eigenvalue weighted by atomic mass is 10.1. The minimum Gasteiger partial charge on any atom is -0.492 e. The fourth-order valence-electron chi connectivity index (χ4n) is 1.47. The highest BCUT2D eigenvalue weighted by Crippen LogP contribution is 2.13. The van der Waals surface area contributed by atoms with E-state index in [0.29, 0.717) is 6.61 Å².